The number of aromatic hydroxyl groups is 2. The Hall–Kier alpha value is -3.87. The van der Waals surface area contributed by atoms with E-state index >= 15 is 0 Å². The van der Waals surface area contributed by atoms with Crippen molar-refractivity contribution in [3.63, 3.8) is 0 Å². The molecule has 7 heteroatoms. The summed E-state index contributed by atoms with van der Waals surface area (Å²) in [7, 11) is 0. The average Bonchev–Trinajstić information content (AvgIpc) is 2.69. The highest BCUT2D eigenvalue weighted by Gasteiger charge is 2.18. The van der Waals surface area contributed by atoms with E-state index in [0.29, 0.717) is 5.56 Å². The molecule has 0 saturated heterocycles. The van der Waals surface area contributed by atoms with Crippen molar-refractivity contribution in [2.45, 2.75) is 6.54 Å². The Morgan fingerprint density at radius 2 is 1.69 bits per heavy atom. The Morgan fingerprint density at radius 3 is 2.41 bits per heavy atom. The van der Waals surface area contributed by atoms with Gasteiger partial charge in [-0.05, 0) is 12.1 Å². The Kier molecular flexibility index (Phi) is 4.64. The minimum absolute atomic E-state index is 0.00795. The molecule has 0 bridgehead atoms. The maximum atomic E-state index is 13.9. The summed E-state index contributed by atoms with van der Waals surface area (Å²) >= 11 is 0. The van der Waals surface area contributed by atoms with Crippen LogP contribution in [-0.4, -0.2) is 10.2 Å². The van der Waals surface area contributed by atoms with Gasteiger partial charge in [-0.2, -0.15) is 0 Å². The first-order valence-corrected chi connectivity index (χ1v) is 8.70. The van der Waals surface area contributed by atoms with E-state index in [1.165, 1.54) is 12.1 Å². The van der Waals surface area contributed by atoms with E-state index < -0.39 is 22.8 Å². The van der Waals surface area contributed by atoms with E-state index in [1.54, 1.807) is 24.3 Å². The van der Waals surface area contributed by atoms with Gasteiger partial charge in [0.25, 0.3) is 0 Å². The molecule has 0 saturated carbocycles. The maximum absolute atomic E-state index is 13.9. The average molecular weight is 395 g/mol. The molecule has 0 aliphatic rings. The summed E-state index contributed by atoms with van der Waals surface area (Å²) in [6, 6.07) is 14.2. The number of benzene rings is 3. The molecule has 0 fully saturated rings. The fourth-order valence-corrected chi connectivity index (χ4v) is 3.09. The van der Waals surface area contributed by atoms with Gasteiger partial charge in [0, 0.05) is 30.3 Å². The quantitative estimate of drug-likeness (QED) is 0.464. The van der Waals surface area contributed by atoms with Crippen LogP contribution in [0.15, 0.2) is 69.9 Å². The van der Waals surface area contributed by atoms with Gasteiger partial charge in [-0.1, -0.05) is 30.3 Å². The molecule has 5 nitrogen and oxygen atoms in total. The number of phenols is 2. The van der Waals surface area contributed by atoms with Crippen molar-refractivity contribution in [2.24, 2.45) is 0 Å². The van der Waals surface area contributed by atoms with Crippen LogP contribution in [0.1, 0.15) is 5.56 Å². The molecule has 146 valence electrons. The molecule has 1 heterocycles. The summed E-state index contributed by atoms with van der Waals surface area (Å²) in [4.78, 5) is 12.6. The predicted molar refractivity (Wildman–Crippen MR) is 105 cm³/mol. The third kappa shape index (κ3) is 3.50. The second-order valence-corrected chi connectivity index (χ2v) is 6.42. The van der Waals surface area contributed by atoms with Gasteiger partial charge in [0.15, 0.2) is 11.0 Å². The Labute approximate surface area is 163 Å². The lowest BCUT2D eigenvalue weighted by molar-refractivity contribution is 0.447. The van der Waals surface area contributed by atoms with Gasteiger partial charge in [-0.15, -0.1) is 0 Å². The van der Waals surface area contributed by atoms with Crippen LogP contribution in [-0.2, 0) is 6.54 Å². The monoisotopic (exact) mass is 395 g/mol. The number of halogens is 2. The van der Waals surface area contributed by atoms with Crippen molar-refractivity contribution in [3.8, 4) is 22.8 Å². The highest BCUT2D eigenvalue weighted by molar-refractivity contribution is 5.89. The molecular formula is C22H15F2NO4. The number of anilines is 1. The van der Waals surface area contributed by atoms with Gasteiger partial charge in [0.1, 0.15) is 34.3 Å². The molecule has 29 heavy (non-hydrogen) atoms. The van der Waals surface area contributed by atoms with Crippen LogP contribution in [0, 0.1) is 11.6 Å². The molecule has 3 N–H and O–H groups in total. The fourth-order valence-electron chi connectivity index (χ4n) is 3.09. The molecule has 3 aromatic carbocycles. The van der Waals surface area contributed by atoms with Crippen molar-refractivity contribution in [3.05, 3.63) is 88.1 Å². The zero-order valence-corrected chi connectivity index (χ0v) is 14.9. The van der Waals surface area contributed by atoms with Gasteiger partial charge in [0.2, 0.25) is 0 Å². The Morgan fingerprint density at radius 1 is 0.931 bits per heavy atom. The third-order valence-electron chi connectivity index (χ3n) is 4.51. The number of nitrogens with one attached hydrogen (secondary N) is 1. The molecule has 0 aliphatic carbocycles. The van der Waals surface area contributed by atoms with E-state index in [9.17, 15) is 23.8 Å². The topological polar surface area (TPSA) is 82.7 Å². The first-order valence-electron chi connectivity index (χ1n) is 8.70. The molecule has 4 rings (SSSR count). The number of rotatable bonds is 4. The second-order valence-electron chi connectivity index (χ2n) is 6.42. The summed E-state index contributed by atoms with van der Waals surface area (Å²) in [5.41, 5.74) is 0.281. The van der Waals surface area contributed by atoms with E-state index in [1.807, 2.05) is 6.07 Å². The first-order chi connectivity index (χ1) is 13.9. The van der Waals surface area contributed by atoms with Crippen molar-refractivity contribution >= 4 is 16.7 Å². The van der Waals surface area contributed by atoms with Crippen LogP contribution in [0.4, 0.5) is 14.5 Å². The van der Waals surface area contributed by atoms with E-state index in [0.717, 1.165) is 18.2 Å². The van der Waals surface area contributed by atoms with Crippen molar-refractivity contribution in [1.29, 1.82) is 0 Å². The lowest BCUT2D eigenvalue weighted by Gasteiger charge is -2.13. The van der Waals surface area contributed by atoms with Gasteiger partial charge in [0.05, 0.1) is 11.3 Å². The second kappa shape index (κ2) is 7.27. The van der Waals surface area contributed by atoms with Gasteiger partial charge >= 0.3 is 0 Å². The van der Waals surface area contributed by atoms with Gasteiger partial charge < -0.3 is 19.9 Å². The zero-order valence-electron chi connectivity index (χ0n) is 14.9. The maximum Gasteiger partial charge on any atom is 0.197 e. The summed E-state index contributed by atoms with van der Waals surface area (Å²) in [6.07, 6.45) is 0. The van der Waals surface area contributed by atoms with Crippen LogP contribution in [0.3, 0.4) is 0 Å². The molecule has 0 spiro atoms. The molecule has 0 radical (unpaired) electrons. The number of phenolic OH excluding ortho intramolecular Hbond substituents is 2. The predicted octanol–water partition coefficient (Wildman–Crippen LogP) is 4.76. The number of fused-ring (bicyclic) bond motifs is 1. The molecule has 1 aromatic heterocycles. The molecule has 4 aromatic rings. The lowest BCUT2D eigenvalue weighted by Crippen LogP contribution is -2.07. The summed E-state index contributed by atoms with van der Waals surface area (Å²) < 4.78 is 32.8. The minimum atomic E-state index is -0.806. The zero-order chi connectivity index (χ0) is 20.5. The standard InChI is InChI=1S/C22H15F2NO4/c23-13-6-7-16(15(24)8-13)25-11-14-17(26)9-18(27)21-19(28)10-20(29-22(14)21)12-4-2-1-3-5-12/h1-10,25-27H,11H2. The van der Waals surface area contributed by atoms with Crippen LogP contribution < -0.4 is 10.7 Å². The fraction of sp³-hybridized carbons (Fsp3) is 0.0455. The molecule has 0 amide bonds. The Bertz CT molecular complexity index is 1270. The molecule has 0 aliphatic heterocycles. The molecule has 0 unspecified atom stereocenters. The summed E-state index contributed by atoms with van der Waals surface area (Å²) in [5, 5.41) is 23.1. The summed E-state index contributed by atoms with van der Waals surface area (Å²) in [6.45, 7) is -0.133. The minimum Gasteiger partial charge on any atom is -0.507 e. The van der Waals surface area contributed by atoms with E-state index in [4.69, 9.17) is 4.42 Å². The highest BCUT2D eigenvalue weighted by atomic mass is 19.1. The van der Waals surface area contributed by atoms with Crippen LogP contribution in [0.5, 0.6) is 11.5 Å². The molecule has 0 atom stereocenters. The first kappa shape index (κ1) is 18.5. The van der Waals surface area contributed by atoms with Gasteiger partial charge in [-0.25, -0.2) is 8.78 Å². The van der Waals surface area contributed by atoms with Crippen molar-refractivity contribution < 1.29 is 23.4 Å². The lowest BCUT2D eigenvalue weighted by atomic mass is 10.1. The Balaban J connectivity index is 1.84. The molecular weight excluding hydrogens is 380 g/mol. The number of hydrogen-bond acceptors (Lipinski definition) is 5. The van der Waals surface area contributed by atoms with E-state index in [2.05, 4.69) is 5.32 Å². The van der Waals surface area contributed by atoms with Crippen molar-refractivity contribution in [2.75, 3.05) is 5.32 Å². The van der Waals surface area contributed by atoms with Gasteiger partial charge in [-0.3, -0.25) is 4.79 Å². The SMILES string of the molecule is O=c1cc(-c2ccccc2)oc2c(CNc3ccc(F)cc3F)c(O)cc(O)c12. The van der Waals surface area contributed by atoms with E-state index in [-0.39, 0.29) is 40.3 Å². The third-order valence-corrected chi connectivity index (χ3v) is 4.51. The van der Waals surface area contributed by atoms with Crippen LogP contribution in [0.25, 0.3) is 22.3 Å². The summed E-state index contributed by atoms with van der Waals surface area (Å²) in [5.74, 6) is -2.04. The number of hydrogen-bond donors (Lipinski definition) is 3. The smallest absolute Gasteiger partial charge is 0.197 e. The van der Waals surface area contributed by atoms with Crippen LogP contribution >= 0.6 is 0 Å². The largest absolute Gasteiger partial charge is 0.507 e. The van der Waals surface area contributed by atoms with Crippen molar-refractivity contribution in [1.82, 2.24) is 0 Å². The highest BCUT2D eigenvalue weighted by Crippen LogP contribution is 2.35. The van der Waals surface area contributed by atoms with Crippen LogP contribution in [0.2, 0.25) is 0 Å². The normalized spacial score (nSPS) is 11.0.